The van der Waals surface area contributed by atoms with Crippen molar-refractivity contribution in [3.05, 3.63) is 17.3 Å². The molecule has 0 bridgehead atoms. The van der Waals surface area contributed by atoms with Crippen molar-refractivity contribution in [3.8, 4) is 0 Å². The zero-order chi connectivity index (χ0) is 16.8. The minimum absolute atomic E-state index is 0.210. The molecule has 1 aliphatic heterocycles. The second-order valence-electron chi connectivity index (χ2n) is 5.77. The molecule has 128 valence electrons. The van der Waals surface area contributed by atoms with Gasteiger partial charge in [-0.1, -0.05) is 6.92 Å². The summed E-state index contributed by atoms with van der Waals surface area (Å²) in [4.78, 5) is 22.5. The van der Waals surface area contributed by atoms with Crippen molar-refractivity contribution in [2.75, 3.05) is 19.6 Å². The number of likely N-dealkylation sites (tertiary alicyclic amines) is 1. The summed E-state index contributed by atoms with van der Waals surface area (Å²) < 4.78 is 5.55. The van der Waals surface area contributed by atoms with Gasteiger partial charge in [-0.05, 0) is 27.2 Å². The molecule has 0 aliphatic carbocycles. The van der Waals surface area contributed by atoms with E-state index >= 15 is 0 Å². The maximum absolute atomic E-state index is 11.7. The smallest absolute Gasteiger partial charge is 0.222 e. The van der Waals surface area contributed by atoms with Gasteiger partial charge in [0.2, 0.25) is 11.8 Å². The summed E-state index contributed by atoms with van der Waals surface area (Å²) in [5.74, 6) is 2.39. The second kappa shape index (κ2) is 7.99. The Bertz CT molecular complexity index is 547. The summed E-state index contributed by atoms with van der Waals surface area (Å²) in [5.41, 5.74) is 0.901. The average Bonchev–Trinajstić information content (AvgIpc) is 3.11. The van der Waals surface area contributed by atoms with Gasteiger partial charge in [0.25, 0.3) is 0 Å². The van der Waals surface area contributed by atoms with E-state index in [0.29, 0.717) is 18.9 Å². The van der Waals surface area contributed by atoms with E-state index in [9.17, 15) is 4.79 Å². The molecule has 1 saturated heterocycles. The Morgan fingerprint density at radius 1 is 1.43 bits per heavy atom. The number of carbonyl (C=O) groups excluding carboxylic acids is 1. The molecule has 23 heavy (non-hydrogen) atoms. The van der Waals surface area contributed by atoms with Gasteiger partial charge in [-0.2, -0.15) is 0 Å². The van der Waals surface area contributed by atoms with E-state index < -0.39 is 0 Å². The lowest BCUT2D eigenvalue weighted by Gasteiger charge is -2.18. The number of aromatic nitrogens is 1. The SMILES string of the molecule is CCNC(=NCc1nc(C)c(C)o1)NC1CCN(C(=O)CC)C1. The van der Waals surface area contributed by atoms with Crippen LogP contribution in [0.25, 0.3) is 0 Å². The molecule has 2 N–H and O–H groups in total. The van der Waals surface area contributed by atoms with Gasteiger partial charge in [0.05, 0.1) is 5.69 Å². The van der Waals surface area contributed by atoms with Crippen LogP contribution in [0.1, 0.15) is 44.0 Å². The average molecular weight is 321 g/mol. The van der Waals surface area contributed by atoms with Gasteiger partial charge >= 0.3 is 0 Å². The van der Waals surface area contributed by atoms with E-state index in [1.807, 2.05) is 32.6 Å². The Hall–Kier alpha value is -2.05. The first kappa shape index (κ1) is 17.3. The van der Waals surface area contributed by atoms with Crippen LogP contribution in [-0.4, -0.2) is 47.4 Å². The Kier molecular flexibility index (Phi) is 6.01. The van der Waals surface area contributed by atoms with Crippen LogP contribution >= 0.6 is 0 Å². The van der Waals surface area contributed by atoms with Crippen LogP contribution in [0.15, 0.2) is 9.41 Å². The molecule has 1 aliphatic rings. The van der Waals surface area contributed by atoms with Crippen molar-refractivity contribution < 1.29 is 9.21 Å². The van der Waals surface area contributed by atoms with Crippen molar-refractivity contribution in [2.24, 2.45) is 4.99 Å². The summed E-state index contributed by atoms with van der Waals surface area (Å²) in [6.45, 7) is 10.5. The van der Waals surface area contributed by atoms with Crippen LogP contribution in [0.2, 0.25) is 0 Å². The summed E-state index contributed by atoms with van der Waals surface area (Å²) in [5, 5.41) is 6.62. The zero-order valence-corrected chi connectivity index (χ0v) is 14.5. The fraction of sp³-hybridized carbons (Fsp3) is 0.688. The largest absolute Gasteiger partial charge is 0.444 e. The highest BCUT2D eigenvalue weighted by atomic mass is 16.4. The quantitative estimate of drug-likeness (QED) is 0.632. The van der Waals surface area contributed by atoms with E-state index in [2.05, 4.69) is 20.6 Å². The highest BCUT2D eigenvalue weighted by Gasteiger charge is 2.25. The third kappa shape index (κ3) is 4.71. The summed E-state index contributed by atoms with van der Waals surface area (Å²) >= 11 is 0. The predicted molar refractivity (Wildman–Crippen MR) is 89.2 cm³/mol. The second-order valence-corrected chi connectivity index (χ2v) is 5.77. The normalized spacial score (nSPS) is 18.3. The van der Waals surface area contributed by atoms with Gasteiger partial charge in [0, 0.05) is 32.1 Å². The molecule has 1 atom stereocenters. The Morgan fingerprint density at radius 2 is 2.22 bits per heavy atom. The third-order valence-electron chi connectivity index (χ3n) is 3.97. The topological polar surface area (TPSA) is 82.8 Å². The van der Waals surface area contributed by atoms with Gasteiger partial charge in [-0.15, -0.1) is 0 Å². The van der Waals surface area contributed by atoms with Gasteiger partial charge in [0.15, 0.2) is 5.96 Å². The molecule has 0 radical (unpaired) electrons. The fourth-order valence-electron chi connectivity index (χ4n) is 2.60. The Balaban J connectivity index is 1.93. The molecule has 1 aromatic heterocycles. The van der Waals surface area contributed by atoms with E-state index in [-0.39, 0.29) is 11.9 Å². The first-order valence-corrected chi connectivity index (χ1v) is 8.29. The number of nitrogens with zero attached hydrogens (tertiary/aromatic N) is 3. The maximum atomic E-state index is 11.7. The van der Waals surface area contributed by atoms with Crippen LogP contribution in [-0.2, 0) is 11.3 Å². The van der Waals surface area contributed by atoms with Crippen molar-refractivity contribution in [1.82, 2.24) is 20.5 Å². The van der Waals surface area contributed by atoms with Crippen molar-refractivity contribution in [3.63, 3.8) is 0 Å². The van der Waals surface area contributed by atoms with E-state index in [1.54, 1.807) is 0 Å². The van der Waals surface area contributed by atoms with Gasteiger partial charge in [-0.25, -0.2) is 9.98 Å². The molecule has 0 spiro atoms. The molecule has 1 fully saturated rings. The lowest BCUT2D eigenvalue weighted by Crippen LogP contribution is -2.45. The highest BCUT2D eigenvalue weighted by molar-refractivity contribution is 5.80. The van der Waals surface area contributed by atoms with Crippen LogP contribution in [0.4, 0.5) is 0 Å². The van der Waals surface area contributed by atoms with Crippen LogP contribution in [0, 0.1) is 13.8 Å². The van der Waals surface area contributed by atoms with Crippen LogP contribution in [0.3, 0.4) is 0 Å². The molecule has 1 amide bonds. The lowest BCUT2D eigenvalue weighted by molar-refractivity contribution is -0.129. The number of amides is 1. The number of carbonyl (C=O) groups is 1. The van der Waals surface area contributed by atoms with Gasteiger partial charge < -0.3 is 20.0 Å². The number of rotatable bonds is 5. The standard InChI is InChI=1S/C16H27N5O2/c1-5-15(22)21-8-7-13(10-21)20-16(17-6-2)18-9-14-19-11(3)12(4)23-14/h13H,5-10H2,1-4H3,(H2,17,18,20). The molecule has 2 heterocycles. The first-order chi connectivity index (χ1) is 11.0. The predicted octanol–water partition coefficient (Wildman–Crippen LogP) is 1.36. The maximum Gasteiger partial charge on any atom is 0.222 e. The monoisotopic (exact) mass is 321 g/mol. The number of hydrogen-bond donors (Lipinski definition) is 2. The summed E-state index contributed by atoms with van der Waals surface area (Å²) in [6.07, 6.45) is 1.50. The molecule has 1 unspecified atom stereocenters. The summed E-state index contributed by atoms with van der Waals surface area (Å²) in [6, 6.07) is 0.233. The highest BCUT2D eigenvalue weighted by Crippen LogP contribution is 2.11. The van der Waals surface area contributed by atoms with Crippen LogP contribution < -0.4 is 10.6 Å². The van der Waals surface area contributed by atoms with E-state index in [1.165, 1.54) is 0 Å². The molecular formula is C16H27N5O2. The number of oxazole rings is 1. The van der Waals surface area contributed by atoms with Gasteiger partial charge in [0.1, 0.15) is 12.3 Å². The first-order valence-electron chi connectivity index (χ1n) is 8.29. The fourth-order valence-corrected chi connectivity index (χ4v) is 2.60. The summed E-state index contributed by atoms with van der Waals surface area (Å²) in [7, 11) is 0. The number of nitrogens with one attached hydrogen (secondary N) is 2. The molecule has 0 aromatic carbocycles. The number of aryl methyl sites for hydroxylation is 2. The molecule has 2 rings (SSSR count). The van der Waals surface area contributed by atoms with Crippen molar-refractivity contribution in [1.29, 1.82) is 0 Å². The molecule has 7 heteroatoms. The minimum atomic E-state index is 0.210. The molecular weight excluding hydrogens is 294 g/mol. The molecule has 1 aromatic rings. The van der Waals surface area contributed by atoms with E-state index in [0.717, 1.165) is 43.5 Å². The third-order valence-corrected chi connectivity index (χ3v) is 3.97. The number of aliphatic imine (C=N–C) groups is 1. The van der Waals surface area contributed by atoms with E-state index in [4.69, 9.17) is 4.42 Å². The number of hydrogen-bond acceptors (Lipinski definition) is 4. The van der Waals surface area contributed by atoms with Crippen molar-refractivity contribution >= 4 is 11.9 Å². The Labute approximate surface area is 137 Å². The Morgan fingerprint density at radius 3 is 2.83 bits per heavy atom. The van der Waals surface area contributed by atoms with Crippen molar-refractivity contribution in [2.45, 2.75) is 53.1 Å². The van der Waals surface area contributed by atoms with Gasteiger partial charge in [-0.3, -0.25) is 4.79 Å². The molecule has 7 nitrogen and oxygen atoms in total. The zero-order valence-electron chi connectivity index (χ0n) is 14.5. The molecule has 0 saturated carbocycles. The number of guanidine groups is 1. The minimum Gasteiger partial charge on any atom is -0.444 e. The lowest BCUT2D eigenvalue weighted by atomic mass is 10.3. The van der Waals surface area contributed by atoms with Crippen LogP contribution in [0.5, 0.6) is 0 Å².